The van der Waals surface area contributed by atoms with Crippen LogP contribution in [0.1, 0.15) is 18.4 Å². The van der Waals surface area contributed by atoms with Crippen molar-refractivity contribution in [2.24, 2.45) is 5.16 Å². The van der Waals surface area contributed by atoms with Crippen LogP contribution in [0, 0.1) is 0 Å². The maximum Gasteiger partial charge on any atom is 0.303 e. The number of hydrogen-bond acceptors (Lipinski definition) is 5. The number of aromatic nitrogens is 3. The first-order valence-electron chi connectivity index (χ1n) is 6.52. The van der Waals surface area contributed by atoms with Gasteiger partial charge in [-0.25, -0.2) is 4.98 Å². The molecule has 0 aliphatic rings. The number of hydrogen-bond donors (Lipinski definition) is 1. The minimum atomic E-state index is -0.839. The van der Waals surface area contributed by atoms with Crippen molar-refractivity contribution in [1.82, 2.24) is 14.5 Å². The first kappa shape index (κ1) is 14.7. The van der Waals surface area contributed by atoms with E-state index in [4.69, 9.17) is 9.94 Å². The Bertz CT molecular complexity index is 582. The van der Waals surface area contributed by atoms with Gasteiger partial charge in [-0.15, -0.1) is 0 Å². The molecule has 21 heavy (non-hydrogen) atoms. The summed E-state index contributed by atoms with van der Waals surface area (Å²) in [5.74, 6) is -0.839. The van der Waals surface area contributed by atoms with Gasteiger partial charge in [-0.2, -0.15) is 0 Å². The average Bonchev–Trinajstić information content (AvgIpc) is 2.99. The third-order valence-electron chi connectivity index (χ3n) is 2.69. The van der Waals surface area contributed by atoms with Gasteiger partial charge >= 0.3 is 5.97 Å². The Morgan fingerprint density at radius 2 is 2.29 bits per heavy atom. The number of carboxylic acid groups (broad SMARTS) is 1. The van der Waals surface area contributed by atoms with E-state index in [0.717, 1.165) is 5.56 Å². The molecule has 0 aliphatic carbocycles. The summed E-state index contributed by atoms with van der Waals surface area (Å²) >= 11 is 0. The molecule has 2 rings (SSSR count). The number of oxime groups is 1. The topological polar surface area (TPSA) is 89.6 Å². The first-order chi connectivity index (χ1) is 10.3. The third kappa shape index (κ3) is 5.06. The van der Waals surface area contributed by atoms with Gasteiger partial charge < -0.3 is 14.5 Å². The number of aliphatic carboxylic acids is 1. The van der Waals surface area contributed by atoms with Crippen LogP contribution in [-0.2, 0) is 16.2 Å². The molecule has 2 heterocycles. The molecule has 110 valence electrons. The molecule has 0 aromatic carbocycles. The second-order valence-corrected chi connectivity index (χ2v) is 4.35. The number of rotatable bonds is 8. The van der Waals surface area contributed by atoms with Crippen LogP contribution in [0.15, 0.2) is 48.4 Å². The molecule has 7 heteroatoms. The lowest BCUT2D eigenvalue weighted by atomic mass is 10.2. The van der Waals surface area contributed by atoms with Crippen molar-refractivity contribution in [3.05, 3.63) is 48.8 Å². The highest BCUT2D eigenvalue weighted by atomic mass is 16.6. The van der Waals surface area contributed by atoms with Gasteiger partial charge in [-0.1, -0.05) is 5.16 Å². The molecule has 0 fully saturated rings. The van der Waals surface area contributed by atoms with E-state index in [1.165, 1.54) is 0 Å². The Balaban J connectivity index is 2.00. The minimum absolute atomic E-state index is 0.0687. The molecule has 0 unspecified atom stereocenters. The maximum atomic E-state index is 10.4. The summed E-state index contributed by atoms with van der Waals surface area (Å²) < 4.78 is 1.87. The van der Waals surface area contributed by atoms with Crippen molar-refractivity contribution in [3.8, 4) is 0 Å². The lowest BCUT2D eigenvalue weighted by Gasteiger charge is -2.07. The smallest absolute Gasteiger partial charge is 0.303 e. The Hall–Kier alpha value is -2.70. The lowest BCUT2D eigenvalue weighted by Crippen LogP contribution is -2.12. The quantitative estimate of drug-likeness (QED) is 0.452. The van der Waals surface area contributed by atoms with Gasteiger partial charge in [-0.05, 0) is 18.6 Å². The second-order valence-electron chi connectivity index (χ2n) is 4.35. The highest BCUT2D eigenvalue weighted by molar-refractivity contribution is 5.99. The van der Waals surface area contributed by atoms with Gasteiger partial charge in [0.25, 0.3) is 0 Å². The fraction of sp³-hybridized carbons (Fsp3) is 0.286. The van der Waals surface area contributed by atoms with Crippen LogP contribution in [0.25, 0.3) is 0 Å². The maximum absolute atomic E-state index is 10.4. The Morgan fingerprint density at radius 3 is 2.95 bits per heavy atom. The summed E-state index contributed by atoms with van der Waals surface area (Å²) in [6, 6.07) is 3.71. The monoisotopic (exact) mass is 288 g/mol. The van der Waals surface area contributed by atoms with E-state index < -0.39 is 5.97 Å². The van der Waals surface area contributed by atoms with Crippen molar-refractivity contribution in [2.45, 2.75) is 19.4 Å². The molecule has 0 aliphatic heterocycles. The van der Waals surface area contributed by atoms with Crippen LogP contribution >= 0.6 is 0 Å². The molecular weight excluding hydrogens is 272 g/mol. The van der Waals surface area contributed by atoms with E-state index >= 15 is 0 Å². The highest BCUT2D eigenvalue weighted by Gasteiger charge is 2.06. The van der Waals surface area contributed by atoms with Crippen molar-refractivity contribution in [2.75, 3.05) is 6.61 Å². The summed E-state index contributed by atoms with van der Waals surface area (Å²) in [7, 11) is 0. The zero-order chi connectivity index (χ0) is 14.9. The molecule has 0 atom stereocenters. The molecule has 0 bridgehead atoms. The van der Waals surface area contributed by atoms with E-state index in [-0.39, 0.29) is 13.0 Å². The molecule has 0 saturated heterocycles. The molecular formula is C14H16N4O3. The molecule has 7 nitrogen and oxygen atoms in total. The summed E-state index contributed by atoms with van der Waals surface area (Å²) in [5, 5.41) is 12.7. The Morgan fingerprint density at radius 1 is 1.38 bits per heavy atom. The number of carbonyl (C=O) groups is 1. The summed E-state index contributed by atoms with van der Waals surface area (Å²) in [4.78, 5) is 23.7. The van der Waals surface area contributed by atoms with Gasteiger partial charge in [0.15, 0.2) is 0 Å². The van der Waals surface area contributed by atoms with Crippen LogP contribution in [0.5, 0.6) is 0 Å². The molecule has 0 amide bonds. The summed E-state index contributed by atoms with van der Waals surface area (Å²) in [5.41, 5.74) is 1.56. The van der Waals surface area contributed by atoms with Crippen LogP contribution in [0.4, 0.5) is 0 Å². The Labute approximate surface area is 121 Å². The van der Waals surface area contributed by atoms with E-state index in [1.54, 1.807) is 24.9 Å². The molecule has 1 N–H and O–H groups in total. The lowest BCUT2D eigenvalue weighted by molar-refractivity contribution is -0.137. The van der Waals surface area contributed by atoms with Gasteiger partial charge in [0.1, 0.15) is 12.3 Å². The molecule has 2 aromatic rings. The van der Waals surface area contributed by atoms with Crippen molar-refractivity contribution in [3.63, 3.8) is 0 Å². The van der Waals surface area contributed by atoms with E-state index in [2.05, 4.69) is 15.1 Å². The summed E-state index contributed by atoms with van der Waals surface area (Å²) in [6.45, 7) is 0.768. The number of carboxylic acids is 1. The minimum Gasteiger partial charge on any atom is -0.481 e. The van der Waals surface area contributed by atoms with E-state index in [1.807, 2.05) is 22.9 Å². The SMILES string of the molecule is O=C(O)CCCO/N=C(\Cn1ccnc1)c1cccnc1. The van der Waals surface area contributed by atoms with Crippen LogP contribution in [0.2, 0.25) is 0 Å². The zero-order valence-electron chi connectivity index (χ0n) is 11.4. The standard InChI is InChI=1S/C14H16N4O3/c19-14(20)4-2-8-21-17-13(10-18-7-6-16-11-18)12-3-1-5-15-9-12/h1,3,5-7,9,11H,2,4,8,10H2,(H,19,20)/b17-13+. The molecule has 2 aromatic heterocycles. The van der Waals surface area contributed by atoms with E-state index in [9.17, 15) is 4.79 Å². The zero-order valence-corrected chi connectivity index (χ0v) is 11.4. The van der Waals surface area contributed by atoms with E-state index in [0.29, 0.717) is 18.7 Å². The average molecular weight is 288 g/mol. The molecule has 0 saturated carbocycles. The number of nitrogens with zero attached hydrogens (tertiary/aromatic N) is 4. The van der Waals surface area contributed by atoms with Gasteiger partial charge in [-0.3, -0.25) is 9.78 Å². The molecule has 0 spiro atoms. The van der Waals surface area contributed by atoms with Crippen LogP contribution in [-0.4, -0.2) is 37.9 Å². The normalized spacial score (nSPS) is 11.3. The first-order valence-corrected chi connectivity index (χ1v) is 6.52. The predicted molar refractivity (Wildman–Crippen MR) is 75.8 cm³/mol. The summed E-state index contributed by atoms with van der Waals surface area (Å²) in [6.07, 6.45) is 9.09. The fourth-order valence-corrected chi connectivity index (χ4v) is 1.67. The fourth-order valence-electron chi connectivity index (χ4n) is 1.67. The van der Waals surface area contributed by atoms with Gasteiger partial charge in [0, 0.05) is 36.8 Å². The van der Waals surface area contributed by atoms with Crippen molar-refractivity contribution >= 4 is 11.7 Å². The molecule has 0 radical (unpaired) electrons. The Kier molecular flexibility index (Phi) is 5.45. The van der Waals surface area contributed by atoms with Gasteiger partial charge in [0.05, 0.1) is 12.9 Å². The van der Waals surface area contributed by atoms with Crippen LogP contribution < -0.4 is 0 Å². The predicted octanol–water partition coefficient (Wildman–Crippen LogP) is 1.56. The van der Waals surface area contributed by atoms with Gasteiger partial charge in [0.2, 0.25) is 0 Å². The second kappa shape index (κ2) is 7.78. The third-order valence-corrected chi connectivity index (χ3v) is 2.69. The number of pyridine rings is 1. The van der Waals surface area contributed by atoms with Crippen LogP contribution in [0.3, 0.4) is 0 Å². The highest BCUT2D eigenvalue weighted by Crippen LogP contribution is 2.04. The van der Waals surface area contributed by atoms with Crippen molar-refractivity contribution < 1.29 is 14.7 Å². The van der Waals surface area contributed by atoms with Crippen molar-refractivity contribution in [1.29, 1.82) is 0 Å². The largest absolute Gasteiger partial charge is 0.481 e. The number of imidazole rings is 1.